The fraction of sp³-hybridized carbons (Fsp3) is 0.938. The summed E-state index contributed by atoms with van der Waals surface area (Å²) in [7, 11) is 2.15. The number of likely N-dealkylation sites (tertiary alicyclic amines) is 1. The highest BCUT2D eigenvalue weighted by molar-refractivity contribution is 5.76. The van der Waals surface area contributed by atoms with Crippen LogP contribution < -0.4 is 5.32 Å². The van der Waals surface area contributed by atoms with Crippen molar-refractivity contribution in [3.05, 3.63) is 0 Å². The molecule has 0 aromatic heterocycles. The van der Waals surface area contributed by atoms with Gasteiger partial charge in [0.2, 0.25) is 0 Å². The first-order chi connectivity index (χ1) is 9.31. The van der Waals surface area contributed by atoms with Crippen molar-refractivity contribution in [3.63, 3.8) is 0 Å². The molecule has 1 heterocycles. The van der Waals surface area contributed by atoms with Gasteiger partial charge in [0.05, 0.1) is 0 Å². The standard InChI is InChI=1S/C16H32N2O2/c1-6-7-8-14(15(19)20-16(2,3)4)17-13-9-11-18(5)12-10-13/h13-14,17H,6-12H2,1-5H3/t14-/m1/s1. The molecule has 0 aromatic rings. The third-order valence-corrected chi connectivity index (χ3v) is 3.69. The van der Waals surface area contributed by atoms with E-state index < -0.39 is 5.60 Å². The lowest BCUT2D eigenvalue weighted by atomic mass is 10.0. The largest absolute Gasteiger partial charge is 0.459 e. The van der Waals surface area contributed by atoms with E-state index >= 15 is 0 Å². The van der Waals surface area contributed by atoms with Gasteiger partial charge in [0.1, 0.15) is 11.6 Å². The van der Waals surface area contributed by atoms with Crippen molar-refractivity contribution in [2.75, 3.05) is 20.1 Å². The highest BCUT2D eigenvalue weighted by Crippen LogP contribution is 2.15. The monoisotopic (exact) mass is 284 g/mol. The Hall–Kier alpha value is -0.610. The van der Waals surface area contributed by atoms with Crippen molar-refractivity contribution in [1.29, 1.82) is 0 Å². The van der Waals surface area contributed by atoms with Crippen LogP contribution in [0.3, 0.4) is 0 Å². The SMILES string of the molecule is CCCC[C@@H](NC1CCN(C)CC1)C(=O)OC(C)(C)C. The molecule has 1 saturated heterocycles. The molecule has 0 amide bonds. The highest BCUT2D eigenvalue weighted by Gasteiger charge is 2.27. The van der Waals surface area contributed by atoms with Crippen molar-refractivity contribution >= 4 is 5.97 Å². The molecule has 0 spiro atoms. The van der Waals surface area contributed by atoms with Gasteiger partial charge in [0, 0.05) is 6.04 Å². The van der Waals surface area contributed by atoms with E-state index in [9.17, 15) is 4.79 Å². The summed E-state index contributed by atoms with van der Waals surface area (Å²) in [6, 6.07) is 0.295. The molecule has 0 unspecified atom stereocenters. The second-order valence-corrected chi connectivity index (χ2v) is 6.97. The molecule has 4 nitrogen and oxygen atoms in total. The number of carbonyl (C=O) groups excluding carboxylic acids is 1. The Labute approximate surface area is 124 Å². The van der Waals surface area contributed by atoms with E-state index in [1.165, 1.54) is 0 Å². The lowest BCUT2D eigenvalue weighted by molar-refractivity contribution is -0.158. The zero-order valence-electron chi connectivity index (χ0n) is 13.9. The van der Waals surface area contributed by atoms with Gasteiger partial charge in [-0.1, -0.05) is 19.8 Å². The number of rotatable bonds is 6. The summed E-state index contributed by atoms with van der Waals surface area (Å²) in [4.78, 5) is 14.6. The average Bonchev–Trinajstić information content (AvgIpc) is 2.34. The topological polar surface area (TPSA) is 41.6 Å². The molecule has 1 N–H and O–H groups in total. The van der Waals surface area contributed by atoms with Gasteiger partial charge in [-0.15, -0.1) is 0 Å². The number of piperidine rings is 1. The molecule has 0 radical (unpaired) electrons. The van der Waals surface area contributed by atoms with E-state index in [0.29, 0.717) is 6.04 Å². The van der Waals surface area contributed by atoms with E-state index in [0.717, 1.165) is 45.2 Å². The van der Waals surface area contributed by atoms with Crippen molar-refractivity contribution in [2.24, 2.45) is 0 Å². The van der Waals surface area contributed by atoms with Gasteiger partial charge in [-0.3, -0.25) is 4.79 Å². The van der Waals surface area contributed by atoms with E-state index in [-0.39, 0.29) is 12.0 Å². The van der Waals surface area contributed by atoms with E-state index in [4.69, 9.17) is 4.74 Å². The zero-order valence-corrected chi connectivity index (χ0v) is 13.9. The molecular formula is C16H32N2O2. The summed E-state index contributed by atoms with van der Waals surface area (Å²) >= 11 is 0. The normalized spacial score (nSPS) is 19.9. The van der Waals surface area contributed by atoms with Crippen molar-refractivity contribution in [3.8, 4) is 0 Å². The number of nitrogens with zero attached hydrogens (tertiary/aromatic N) is 1. The molecule has 0 saturated carbocycles. The molecule has 1 fully saturated rings. The maximum atomic E-state index is 12.3. The predicted molar refractivity (Wildman–Crippen MR) is 82.8 cm³/mol. The summed E-state index contributed by atoms with van der Waals surface area (Å²) in [5.41, 5.74) is -0.407. The summed E-state index contributed by atoms with van der Waals surface area (Å²) in [6.45, 7) is 10.1. The van der Waals surface area contributed by atoms with Crippen LogP contribution in [-0.4, -0.2) is 48.7 Å². The third-order valence-electron chi connectivity index (χ3n) is 3.69. The average molecular weight is 284 g/mol. The number of hydrogen-bond acceptors (Lipinski definition) is 4. The maximum Gasteiger partial charge on any atom is 0.323 e. The van der Waals surface area contributed by atoms with Crippen LogP contribution in [0.5, 0.6) is 0 Å². The third kappa shape index (κ3) is 6.71. The number of esters is 1. The van der Waals surface area contributed by atoms with Gasteiger partial charge in [-0.05, 0) is 60.2 Å². The van der Waals surface area contributed by atoms with Crippen LogP contribution in [0.15, 0.2) is 0 Å². The van der Waals surface area contributed by atoms with Crippen molar-refractivity contribution in [2.45, 2.75) is 77.5 Å². The van der Waals surface area contributed by atoms with E-state index in [1.807, 2.05) is 20.8 Å². The minimum absolute atomic E-state index is 0.0927. The molecule has 0 aliphatic carbocycles. The molecule has 1 atom stereocenters. The molecule has 20 heavy (non-hydrogen) atoms. The van der Waals surface area contributed by atoms with Crippen LogP contribution in [0.25, 0.3) is 0 Å². The molecule has 118 valence electrons. The number of hydrogen-bond donors (Lipinski definition) is 1. The highest BCUT2D eigenvalue weighted by atomic mass is 16.6. The van der Waals surface area contributed by atoms with Gasteiger partial charge in [-0.2, -0.15) is 0 Å². The van der Waals surface area contributed by atoms with Crippen LogP contribution >= 0.6 is 0 Å². The molecule has 0 bridgehead atoms. The number of nitrogens with one attached hydrogen (secondary N) is 1. The minimum atomic E-state index is -0.407. The fourth-order valence-corrected chi connectivity index (χ4v) is 2.51. The minimum Gasteiger partial charge on any atom is -0.459 e. The zero-order chi connectivity index (χ0) is 15.2. The lowest BCUT2D eigenvalue weighted by Gasteiger charge is -2.33. The van der Waals surface area contributed by atoms with Crippen LogP contribution in [-0.2, 0) is 9.53 Å². The summed E-state index contributed by atoms with van der Waals surface area (Å²) < 4.78 is 5.55. The summed E-state index contributed by atoms with van der Waals surface area (Å²) in [5.74, 6) is -0.0927. The Morgan fingerprint density at radius 2 is 1.95 bits per heavy atom. The van der Waals surface area contributed by atoms with E-state index in [2.05, 4.69) is 24.2 Å². The van der Waals surface area contributed by atoms with Crippen molar-refractivity contribution in [1.82, 2.24) is 10.2 Å². The second-order valence-electron chi connectivity index (χ2n) is 6.97. The summed E-state index contributed by atoms with van der Waals surface area (Å²) in [5, 5.41) is 3.53. The first-order valence-corrected chi connectivity index (χ1v) is 7.99. The van der Waals surface area contributed by atoms with Gasteiger partial charge < -0.3 is 15.0 Å². The first kappa shape index (κ1) is 17.4. The maximum absolute atomic E-state index is 12.3. The molecule has 1 aliphatic heterocycles. The Balaban J connectivity index is 2.52. The Morgan fingerprint density at radius 3 is 2.45 bits per heavy atom. The molecular weight excluding hydrogens is 252 g/mol. The van der Waals surface area contributed by atoms with Crippen LogP contribution in [0.4, 0.5) is 0 Å². The molecule has 4 heteroatoms. The Kier molecular flexibility index (Phi) is 6.96. The van der Waals surface area contributed by atoms with Crippen molar-refractivity contribution < 1.29 is 9.53 Å². The van der Waals surface area contributed by atoms with Crippen LogP contribution in [0.1, 0.15) is 59.8 Å². The van der Waals surface area contributed by atoms with Gasteiger partial charge in [0.15, 0.2) is 0 Å². The predicted octanol–water partition coefficient (Wildman–Crippen LogP) is 2.57. The quantitative estimate of drug-likeness (QED) is 0.761. The Bertz CT molecular complexity index is 291. The fourth-order valence-electron chi connectivity index (χ4n) is 2.51. The second kappa shape index (κ2) is 7.99. The van der Waals surface area contributed by atoms with Crippen LogP contribution in [0, 0.1) is 0 Å². The Morgan fingerprint density at radius 1 is 1.35 bits per heavy atom. The lowest BCUT2D eigenvalue weighted by Crippen LogP contribution is -2.49. The molecule has 1 rings (SSSR count). The summed E-state index contributed by atoms with van der Waals surface area (Å²) in [6.07, 6.45) is 5.26. The molecule has 1 aliphatic rings. The number of unbranched alkanes of at least 4 members (excludes halogenated alkanes) is 1. The first-order valence-electron chi connectivity index (χ1n) is 7.99. The van der Waals surface area contributed by atoms with Gasteiger partial charge in [0.25, 0.3) is 0 Å². The van der Waals surface area contributed by atoms with Gasteiger partial charge in [-0.25, -0.2) is 0 Å². The number of ether oxygens (including phenoxy) is 1. The smallest absolute Gasteiger partial charge is 0.323 e. The molecule has 0 aromatic carbocycles. The van der Waals surface area contributed by atoms with Gasteiger partial charge >= 0.3 is 5.97 Å². The van der Waals surface area contributed by atoms with E-state index in [1.54, 1.807) is 0 Å². The number of carbonyl (C=O) groups is 1. The van der Waals surface area contributed by atoms with Crippen LogP contribution in [0.2, 0.25) is 0 Å².